The van der Waals surface area contributed by atoms with Gasteiger partial charge in [-0.05, 0) is 60.5 Å². The second kappa shape index (κ2) is 12.5. The molecule has 0 fully saturated rings. The van der Waals surface area contributed by atoms with E-state index in [0.29, 0.717) is 51.4 Å². The number of hydrogen-bond donors (Lipinski definition) is 1. The molecule has 1 N–H and O–H groups in total. The summed E-state index contributed by atoms with van der Waals surface area (Å²) in [6.07, 6.45) is 3.71. The molecular formula is C35H28N4O5. The van der Waals surface area contributed by atoms with Crippen LogP contribution in [0.1, 0.15) is 11.1 Å². The Morgan fingerprint density at radius 1 is 1.02 bits per heavy atom. The number of rotatable bonds is 10. The van der Waals surface area contributed by atoms with Crippen LogP contribution in [0.5, 0.6) is 11.5 Å². The van der Waals surface area contributed by atoms with Crippen molar-refractivity contribution in [2.75, 3.05) is 19.0 Å². The van der Waals surface area contributed by atoms with Crippen LogP contribution in [0.4, 0.5) is 5.69 Å². The molecule has 1 amide bonds. The lowest BCUT2D eigenvalue weighted by Crippen LogP contribution is -2.21. The van der Waals surface area contributed by atoms with E-state index in [1.165, 1.54) is 11.8 Å². The van der Waals surface area contributed by atoms with Crippen LogP contribution in [-0.2, 0) is 11.2 Å². The number of para-hydroxylation sites is 3. The molecule has 218 valence electrons. The van der Waals surface area contributed by atoms with Gasteiger partial charge in [-0.3, -0.25) is 9.59 Å². The smallest absolute Gasteiger partial charge is 0.282 e. The van der Waals surface area contributed by atoms with E-state index in [1.54, 1.807) is 48.7 Å². The van der Waals surface area contributed by atoms with Gasteiger partial charge in [0.25, 0.3) is 11.5 Å². The van der Waals surface area contributed by atoms with E-state index in [0.717, 1.165) is 10.9 Å². The Morgan fingerprint density at radius 3 is 2.59 bits per heavy atom. The molecule has 0 spiro atoms. The number of nitrogens with one attached hydrogen (secondary N) is 1. The molecule has 0 aliphatic heterocycles. The minimum absolute atomic E-state index is 0.220. The van der Waals surface area contributed by atoms with Crippen molar-refractivity contribution in [3.05, 3.63) is 131 Å². The number of amides is 1. The predicted molar refractivity (Wildman–Crippen MR) is 172 cm³/mol. The Bertz CT molecular complexity index is 2050. The van der Waals surface area contributed by atoms with Gasteiger partial charge in [-0.25, -0.2) is 4.98 Å². The number of anilines is 1. The lowest BCUT2D eigenvalue weighted by atomic mass is 10.1. The van der Waals surface area contributed by atoms with Gasteiger partial charge in [-0.15, -0.1) is 6.58 Å². The molecule has 0 radical (unpaired) electrons. The van der Waals surface area contributed by atoms with Crippen molar-refractivity contribution in [1.29, 1.82) is 0 Å². The summed E-state index contributed by atoms with van der Waals surface area (Å²) in [6.45, 7) is 3.64. The van der Waals surface area contributed by atoms with Gasteiger partial charge in [-0.1, -0.05) is 54.6 Å². The molecule has 0 aliphatic rings. The van der Waals surface area contributed by atoms with E-state index < -0.39 is 0 Å². The molecule has 2 heterocycles. The van der Waals surface area contributed by atoms with E-state index in [-0.39, 0.29) is 23.9 Å². The van der Waals surface area contributed by atoms with Crippen LogP contribution in [0.2, 0.25) is 0 Å². The highest BCUT2D eigenvalue weighted by molar-refractivity contribution is 5.92. The number of allylic oxidation sites excluding steroid dienone is 1. The predicted octanol–water partition coefficient (Wildman–Crippen LogP) is 6.45. The molecule has 0 saturated heterocycles. The number of benzene rings is 4. The van der Waals surface area contributed by atoms with Gasteiger partial charge in [0.2, 0.25) is 5.82 Å². The molecule has 0 unspecified atom stereocenters. The molecule has 44 heavy (non-hydrogen) atoms. The maximum absolute atomic E-state index is 13.7. The molecule has 0 saturated carbocycles. The highest BCUT2D eigenvalue weighted by atomic mass is 16.5. The average Bonchev–Trinajstić information content (AvgIpc) is 3.48. The molecule has 0 aliphatic carbocycles. The van der Waals surface area contributed by atoms with Crippen LogP contribution in [0.25, 0.3) is 33.5 Å². The first kappa shape index (κ1) is 28.2. The third-order valence-corrected chi connectivity index (χ3v) is 6.87. The molecule has 4 aromatic carbocycles. The third kappa shape index (κ3) is 5.84. The van der Waals surface area contributed by atoms with Crippen LogP contribution in [-0.4, -0.2) is 35.5 Å². The SMILES string of the molecule is C=CCc1cc(C=Nn2c(-c3cc4ccccc4o3)nc3ccccc3c2=O)cc(OC)c1OCC(=O)Nc1ccccc1. The fraction of sp³-hybridized carbons (Fsp3) is 0.0857. The molecule has 9 nitrogen and oxygen atoms in total. The van der Waals surface area contributed by atoms with Crippen molar-refractivity contribution in [2.45, 2.75) is 6.42 Å². The standard InChI is InChI=1S/C35H28N4O5/c1-3-11-25-18-23(19-30(42-2)33(25)43-22-32(40)37-26-13-5-4-6-14-26)21-36-39-34(31-20-24-12-7-10-17-29(24)44-31)38-28-16-9-8-15-27(28)35(39)41/h3-10,12-21H,1,11,22H2,2H3,(H,37,40). The van der Waals surface area contributed by atoms with Crippen molar-refractivity contribution in [1.82, 2.24) is 9.66 Å². The van der Waals surface area contributed by atoms with Gasteiger partial charge < -0.3 is 19.2 Å². The monoisotopic (exact) mass is 584 g/mol. The molecule has 0 atom stereocenters. The molecule has 6 rings (SSSR count). The zero-order chi connectivity index (χ0) is 30.5. The third-order valence-electron chi connectivity index (χ3n) is 6.87. The zero-order valence-corrected chi connectivity index (χ0v) is 23.9. The summed E-state index contributed by atoms with van der Waals surface area (Å²) < 4.78 is 18.9. The molecule has 2 aromatic heterocycles. The van der Waals surface area contributed by atoms with Crippen molar-refractivity contribution >= 4 is 39.7 Å². The maximum Gasteiger partial charge on any atom is 0.282 e. The molecular weight excluding hydrogens is 556 g/mol. The molecule has 6 aromatic rings. The second-order valence-corrected chi connectivity index (χ2v) is 9.87. The Morgan fingerprint density at radius 2 is 1.80 bits per heavy atom. The molecule has 0 bridgehead atoms. The van der Waals surface area contributed by atoms with E-state index in [4.69, 9.17) is 18.9 Å². The number of furan rings is 1. The van der Waals surface area contributed by atoms with Gasteiger partial charge in [0.15, 0.2) is 23.9 Å². The Hall–Kier alpha value is -5.96. The van der Waals surface area contributed by atoms with Gasteiger partial charge in [-0.2, -0.15) is 9.78 Å². The topological polar surface area (TPSA) is 108 Å². The van der Waals surface area contributed by atoms with Crippen LogP contribution in [0, 0.1) is 0 Å². The van der Waals surface area contributed by atoms with Gasteiger partial charge in [0, 0.05) is 16.6 Å². The van der Waals surface area contributed by atoms with Gasteiger partial charge in [0.05, 0.1) is 24.2 Å². The summed E-state index contributed by atoms with van der Waals surface area (Å²) in [7, 11) is 1.52. The van der Waals surface area contributed by atoms with E-state index in [1.807, 2.05) is 60.7 Å². The minimum Gasteiger partial charge on any atom is -0.493 e. The lowest BCUT2D eigenvalue weighted by Gasteiger charge is -2.16. The van der Waals surface area contributed by atoms with Crippen molar-refractivity contribution < 1.29 is 18.7 Å². The van der Waals surface area contributed by atoms with Crippen molar-refractivity contribution in [2.24, 2.45) is 5.10 Å². The van der Waals surface area contributed by atoms with Crippen LogP contribution >= 0.6 is 0 Å². The minimum atomic E-state index is -0.343. The number of nitrogens with zero attached hydrogens (tertiary/aromatic N) is 3. The highest BCUT2D eigenvalue weighted by Gasteiger charge is 2.18. The summed E-state index contributed by atoms with van der Waals surface area (Å²) in [6, 6.07) is 29.2. The number of methoxy groups -OCH3 is 1. The van der Waals surface area contributed by atoms with Crippen molar-refractivity contribution in [3.63, 3.8) is 0 Å². The number of fused-ring (bicyclic) bond motifs is 2. The van der Waals surface area contributed by atoms with Crippen LogP contribution in [0.3, 0.4) is 0 Å². The summed E-state index contributed by atoms with van der Waals surface area (Å²) >= 11 is 0. The Labute approximate surface area is 252 Å². The summed E-state index contributed by atoms with van der Waals surface area (Å²) in [5.41, 5.74) is 2.90. The first-order valence-electron chi connectivity index (χ1n) is 13.9. The number of carbonyl (C=O) groups excluding carboxylic acids is 1. The maximum atomic E-state index is 13.7. The molecule has 9 heteroatoms. The fourth-order valence-electron chi connectivity index (χ4n) is 4.84. The zero-order valence-electron chi connectivity index (χ0n) is 23.9. The first-order chi connectivity index (χ1) is 21.5. The fourth-order valence-corrected chi connectivity index (χ4v) is 4.84. The van der Waals surface area contributed by atoms with Crippen LogP contribution in [0.15, 0.2) is 124 Å². The highest BCUT2D eigenvalue weighted by Crippen LogP contribution is 2.33. The lowest BCUT2D eigenvalue weighted by molar-refractivity contribution is -0.118. The average molecular weight is 585 g/mol. The van der Waals surface area contributed by atoms with Gasteiger partial charge >= 0.3 is 0 Å². The largest absolute Gasteiger partial charge is 0.493 e. The number of ether oxygens (including phenoxy) is 2. The Kier molecular flexibility index (Phi) is 8.00. The Balaban J connectivity index is 1.36. The van der Waals surface area contributed by atoms with Crippen LogP contribution < -0.4 is 20.3 Å². The second-order valence-electron chi connectivity index (χ2n) is 9.87. The van der Waals surface area contributed by atoms with Crippen molar-refractivity contribution in [3.8, 4) is 23.1 Å². The summed E-state index contributed by atoms with van der Waals surface area (Å²) in [5.74, 6) is 1.19. The normalized spacial score (nSPS) is 11.2. The summed E-state index contributed by atoms with van der Waals surface area (Å²) in [4.78, 5) is 30.9. The van der Waals surface area contributed by atoms with E-state index in [9.17, 15) is 9.59 Å². The summed E-state index contributed by atoms with van der Waals surface area (Å²) in [5, 5.41) is 8.68. The number of carbonyl (C=O) groups is 1. The number of hydrogen-bond acceptors (Lipinski definition) is 7. The number of aromatic nitrogens is 2. The first-order valence-corrected chi connectivity index (χ1v) is 13.9. The quantitative estimate of drug-likeness (QED) is 0.147. The van der Waals surface area contributed by atoms with E-state index in [2.05, 4.69) is 17.0 Å². The van der Waals surface area contributed by atoms with E-state index >= 15 is 0 Å². The van der Waals surface area contributed by atoms with Gasteiger partial charge in [0.1, 0.15) is 5.58 Å².